The molecular weight excluding hydrogens is 376 g/mol. The summed E-state index contributed by atoms with van der Waals surface area (Å²) in [6.45, 7) is 0.839. The second kappa shape index (κ2) is 7.56. The number of hydrogen-bond acceptors (Lipinski definition) is 5. The minimum absolute atomic E-state index is 0.0173. The Kier molecular flexibility index (Phi) is 5.12. The van der Waals surface area contributed by atoms with Crippen LogP contribution in [0.1, 0.15) is 5.56 Å². The van der Waals surface area contributed by atoms with Crippen molar-refractivity contribution < 1.29 is 17.9 Å². The number of rotatable bonds is 5. The van der Waals surface area contributed by atoms with Gasteiger partial charge in [-0.1, -0.05) is 36.4 Å². The van der Waals surface area contributed by atoms with Crippen LogP contribution in [0.5, 0.6) is 5.75 Å². The van der Waals surface area contributed by atoms with Gasteiger partial charge >= 0.3 is 0 Å². The lowest BCUT2D eigenvalue weighted by molar-refractivity contribution is -0.123. The number of para-hydroxylation sites is 2. The first-order valence-corrected chi connectivity index (χ1v) is 11.2. The van der Waals surface area contributed by atoms with E-state index in [9.17, 15) is 13.2 Å². The minimum Gasteiger partial charge on any atom is -0.496 e. The van der Waals surface area contributed by atoms with Gasteiger partial charge in [-0.3, -0.25) is 9.69 Å². The molecule has 2 fully saturated rings. The van der Waals surface area contributed by atoms with E-state index in [-0.39, 0.29) is 36.0 Å². The second-order valence-corrected chi connectivity index (χ2v) is 9.50. The molecule has 28 heavy (non-hydrogen) atoms. The Hall–Kier alpha value is -2.38. The average Bonchev–Trinajstić information content (AvgIpc) is 3.02. The number of carbonyl (C=O) groups is 1. The van der Waals surface area contributed by atoms with Crippen molar-refractivity contribution in [2.24, 2.45) is 0 Å². The highest BCUT2D eigenvalue weighted by Gasteiger charge is 2.49. The lowest BCUT2D eigenvalue weighted by Gasteiger charge is -2.43. The number of amides is 1. The summed E-state index contributed by atoms with van der Waals surface area (Å²) in [5, 5.41) is 0. The highest BCUT2D eigenvalue weighted by Crippen LogP contribution is 2.32. The molecule has 1 amide bonds. The van der Waals surface area contributed by atoms with E-state index in [1.54, 1.807) is 12.0 Å². The third-order valence-electron chi connectivity index (χ3n) is 5.60. The van der Waals surface area contributed by atoms with Gasteiger partial charge in [0, 0.05) is 18.3 Å². The molecule has 2 aliphatic heterocycles. The molecule has 0 aromatic heterocycles. The Morgan fingerprint density at radius 1 is 1.00 bits per heavy atom. The van der Waals surface area contributed by atoms with Crippen LogP contribution < -0.4 is 9.64 Å². The second-order valence-electron chi connectivity index (χ2n) is 7.34. The molecule has 2 heterocycles. The summed E-state index contributed by atoms with van der Waals surface area (Å²) in [5.41, 5.74) is 1.82. The SMILES string of the molecule is COc1ccccc1CCN1CC(=O)N(c2ccccc2)[C@@H]2CS(=O)(=O)C[C@@H]21. The first-order valence-electron chi connectivity index (χ1n) is 9.42. The fourth-order valence-electron chi connectivity index (χ4n) is 4.30. The normalized spacial score (nSPS) is 24.2. The smallest absolute Gasteiger partial charge is 0.241 e. The van der Waals surface area contributed by atoms with Gasteiger partial charge in [0.15, 0.2) is 9.84 Å². The largest absolute Gasteiger partial charge is 0.496 e. The number of sulfone groups is 1. The maximum Gasteiger partial charge on any atom is 0.241 e. The van der Waals surface area contributed by atoms with Crippen molar-refractivity contribution in [1.29, 1.82) is 0 Å². The van der Waals surface area contributed by atoms with Crippen LogP contribution in [-0.4, -0.2) is 63.0 Å². The zero-order valence-corrected chi connectivity index (χ0v) is 16.6. The number of fused-ring (bicyclic) bond motifs is 1. The molecule has 0 radical (unpaired) electrons. The Morgan fingerprint density at radius 2 is 1.68 bits per heavy atom. The van der Waals surface area contributed by atoms with Gasteiger partial charge in [-0.05, 0) is 30.2 Å². The van der Waals surface area contributed by atoms with Gasteiger partial charge in [0.2, 0.25) is 5.91 Å². The molecule has 4 rings (SSSR count). The molecule has 0 N–H and O–H groups in total. The van der Waals surface area contributed by atoms with E-state index in [4.69, 9.17) is 4.74 Å². The van der Waals surface area contributed by atoms with Crippen LogP contribution in [0.25, 0.3) is 0 Å². The average molecular weight is 401 g/mol. The summed E-state index contributed by atoms with van der Waals surface area (Å²) < 4.78 is 30.2. The van der Waals surface area contributed by atoms with E-state index < -0.39 is 9.84 Å². The number of ether oxygens (including phenoxy) is 1. The highest BCUT2D eigenvalue weighted by molar-refractivity contribution is 7.91. The van der Waals surface area contributed by atoms with Crippen molar-refractivity contribution in [3.63, 3.8) is 0 Å². The molecule has 6 nitrogen and oxygen atoms in total. The summed E-state index contributed by atoms with van der Waals surface area (Å²) in [6.07, 6.45) is 0.700. The third-order valence-corrected chi connectivity index (χ3v) is 7.30. The number of hydrogen-bond donors (Lipinski definition) is 0. The predicted molar refractivity (Wildman–Crippen MR) is 108 cm³/mol. The molecule has 2 atom stereocenters. The molecule has 0 spiro atoms. The molecule has 7 heteroatoms. The summed E-state index contributed by atoms with van der Waals surface area (Å²) in [7, 11) is -1.54. The van der Waals surface area contributed by atoms with Gasteiger partial charge in [0.1, 0.15) is 5.75 Å². The summed E-state index contributed by atoms with van der Waals surface area (Å²) in [5.74, 6) is 0.876. The Labute approximate surface area is 165 Å². The third kappa shape index (κ3) is 3.64. The van der Waals surface area contributed by atoms with Crippen LogP contribution in [0.2, 0.25) is 0 Å². The van der Waals surface area contributed by atoms with Gasteiger partial charge in [0.05, 0.1) is 31.2 Å². The summed E-state index contributed by atoms with van der Waals surface area (Å²) in [6, 6.07) is 16.6. The first-order chi connectivity index (χ1) is 13.5. The van der Waals surface area contributed by atoms with Crippen LogP contribution in [0.4, 0.5) is 5.69 Å². The van der Waals surface area contributed by atoms with Crippen molar-refractivity contribution in [2.75, 3.05) is 36.6 Å². The van der Waals surface area contributed by atoms with Crippen LogP contribution in [0.15, 0.2) is 54.6 Å². The standard InChI is InChI=1S/C21H24N2O4S/c1-27-20-10-6-5-7-16(20)11-12-22-13-21(24)23(17-8-3-2-4-9-17)19-15-28(25,26)14-18(19)22/h2-10,18-19H,11-15H2,1H3/t18-,19+/m0/s1. The van der Waals surface area contributed by atoms with E-state index in [0.29, 0.717) is 13.0 Å². The van der Waals surface area contributed by atoms with E-state index in [1.807, 2.05) is 59.5 Å². The van der Waals surface area contributed by atoms with E-state index >= 15 is 0 Å². The minimum atomic E-state index is -3.18. The van der Waals surface area contributed by atoms with Gasteiger partial charge in [-0.2, -0.15) is 0 Å². The van der Waals surface area contributed by atoms with E-state index in [0.717, 1.165) is 17.0 Å². The van der Waals surface area contributed by atoms with Gasteiger partial charge in [0.25, 0.3) is 0 Å². The lowest BCUT2D eigenvalue weighted by Crippen LogP contribution is -2.62. The van der Waals surface area contributed by atoms with Crippen molar-refractivity contribution in [3.05, 3.63) is 60.2 Å². The molecular formula is C21H24N2O4S. The van der Waals surface area contributed by atoms with Gasteiger partial charge in [-0.15, -0.1) is 0 Å². The van der Waals surface area contributed by atoms with Gasteiger partial charge < -0.3 is 9.64 Å². The molecule has 0 saturated carbocycles. The molecule has 2 aromatic carbocycles. The maximum atomic E-state index is 13.0. The highest BCUT2D eigenvalue weighted by atomic mass is 32.2. The fraction of sp³-hybridized carbons (Fsp3) is 0.381. The van der Waals surface area contributed by atoms with Crippen LogP contribution in [-0.2, 0) is 21.1 Å². The topological polar surface area (TPSA) is 66.9 Å². The van der Waals surface area contributed by atoms with Crippen molar-refractivity contribution in [1.82, 2.24) is 4.90 Å². The quantitative estimate of drug-likeness (QED) is 0.765. The monoisotopic (exact) mass is 400 g/mol. The number of anilines is 1. The zero-order chi connectivity index (χ0) is 19.7. The molecule has 2 aromatic rings. The Bertz CT molecular complexity index is 961. The maximum absolute atomic E-state index is 13.0. The lowest BCUT2D eigenvalue weighted by atomic mass is 10.0. The summed E-state index contributed by atoms with van der Waals surface area (Å²) in [4.78, 5) is 16.7. The molecule has 0 aliphatic carbocycles. The molecule has 148 valence electrons. The van der Waals surface area contributed by atoms with Crippen LogP contribution in [0, 0.1) is 0 Å². The van der Waals surface area contributed by atoms with Gasteiger partial charge in [-0.25, -0.2) is 8.42 Å². The fourth-order valence-corrected chi connectivity index (χ4v) is 6.28. The molecule has 0 unspecified atom stereocenters. The molecule has 2 aliphatic rings. The number of carbonyl (C=O) groups excluding carboxylic acids is 1. The Morgan fingerprint density at radius 3 is 2.43 bits per heavy atom. The van der Waals surface area contributed by atoms with E-state index in [1.165, 1.54) is 0 Å². The summed E-state index contributed by atoms with van der Waals surface area (Å²) >= 11 is 0. The number of nitrogens with zero attached hydrogens (tertiary/aromatic N) is 2. The first kappa shape index (κ1) is 19.0. The van der Waals surface area contributed by atoms with Crippen molar-refractivity contribution in [2.45, 2.75) is 18.5 Å². The van der Waals surface area contributed by atoms with Crippen molar-refractivity contribution >= 4 is 21.4 Å². The molecule has 2 saturated heterocycles. The number of methoxy groups -OCH3 is 1. The van der Waals surface area contributed by atoms with Crippen LogP contribution in [0.3, 0.4) is 0 Å². The van der Waals surface area contributed by atoms with E-state index in [2.05, 4.69) is 0 Å². The number of benzene rings is 2. The zero-order valence-electron chi connectivity index (χ0n) is 15.8. The number of piperazine rings is 1. The predicted octanol–water partition coefficient (Wildman–Crippen LogP) is 1.75. The van der Waals surface area contributed by atoms with Crippen LogP contribution >= 0.6 is 0 Å². The molecule has 0 bridgehead atoms. The van der Waals surface area contributed by atoms with Crippen molar-refractivity contribution in [3.8, 4) is 5.75 Å². The Balaban J connectivity index is 1.58.